The van der Waals surface area contributed by atoms with Gasteiger partial charge in [0.25, 0.3) is 0 Å². The molecule has 132 valence electrons. The van der Waals surface area contributed by atoms with E-state index in [2.05, 4.69) is 13.2 Å². The molecule has 2 rings (SSSR count). The molecule has 2 aromatic carbocycles. The molecule has 0 aliphatic carbocycles. The SMILES string of the molecule is C=CCc1cccc(OC(=O)/C=C\C(=O)Oc2cccc(CC=C)c2)c1. The number of benzene rings is 2. The molecule has 0 unspecified atom stereocenters. The van der Waals surface area contributed by atoms with Crippen molar-refractivity contribution < 1.29 is 19.1 Å². The first-order valence-electron chi connectivity index (χ1n) is 8.12. The maximum atomic E-state index is 11.8. The van der Waals surface area contributed by atoms with E-state index in [1.807, 2.05) is 12.1 Å². The van der Waals surface area contributed by atoms with Gasteiger partial charge in [-0.15, -0.1) is 13.2 Å². The third-order valence-corrected chi connectivity index (χ3v) is 3.35. The molecule has 0 aliphatic heterocycles. The van der Waals surface area contributed by atoms with Gasteiger partial charge in [0.1, 0.15) is 11.5 Å². The molecule has 4 nitrogen and oxygen atoms in total. The molecular weight excluding hydrogens is 328 g/mol. The van der Waals surface area contributed by atoms with Gasteiger partial charge in [-0.3, -0.25) is 0 Å². The molecule has 4 heteroatoms. The normalized spacial score (nSPS) is 10.3. The Kier molecular flexibility index (Phi) is 7.13. The quantitative estimate of drug-likeness (QED) is 0.310. The molecule has 0 radical (unpaired) electrons. The molecule has 0 saturated carbocycles. The highest BCUT2D eigenvalue weighted by Crippen LogP contribution is 2.15. The van der Waals surface area contributed by atoms with E-state index < -0.39 is 11.9 Å². The molecule has 0 aromatic heterocycles. The van der Waals surface area contributed by atoms with Crippen LogP contribution in [0.1, 0.15) is 11.1 Å². The Morgan fingerprint density at radius 3 is 1.58 bits per heavy atom. The molecule has 0 bridgehead atoms. The highest BCUT2D eigenvalue weighted by atomic mass is 16.5. The van der Waals surface area contributed by atoms with Crippen molar-refractivity contribution in [1.82, 2.24) is 0 Å². The average Bonchev–Trinajstić information content (AvgIpc) is 2.61. The molecule has 26 heavy (non-hydrogen) atoms. The van der Waals surface area contributed by atoms with Gasteiger partial charge < -0.3 is 9.47 Å². The minimum atomic E-state index is -0.655. The predicted molar refractivity (Wildman–Crippen MR) is 101 cm³/mol. The largest absolute Gasteiger partial charge is 0.423 e. The molecule has 0 atom stereocenters. The fourth-order valence-electron chi connectivity index (χ4n) is 2.24. The summed E-state index contributed by atoms with van der Waals surface area (Å²) in [6.45, 7) is 7.34. The standard InChI is InChI=1S/C22H20O4/c1-3-7-17-9-5-11-19(15-17)25-21(23)13-14-22(24)26-20-12-6-10-18(16-20)8-4-2/h3-6,9-16H,1-2,7-8H2/b14-13-. The molecule has 0 fully saturated rings. The van der Waals surface area contributed by atoms with Crippen molar-refractivity contribution in [3.63, 3.8) is 0 Å². The molecule has 0 spiro atoms. The summed E-state index contributed by atoms with van der Waals surface area (Å²) in [5.41, 5.74) is 1.96. The zero-order chi connectivity index (χ0) is 18.8. The Morgan fingerprint density at radius 1 is 0.769 bits per heavy atom. The molecular formula is C22H20O4. The van der Waals surface area contributed by atoms with Gasteiger partial charge in [-0.05, 0) is 48.2 Å². The van der Waals surface area contributed by atoms with Crippen LogP contribution in [0.15, 0.2) is 86.0 Å². The topological polar surface area (TPSA) is 52.6 Å². The van der Waals surface area contributed by atoms with Crippen LogP contribution >= 0.6 is 0 Å². The third kappa shape index (κ3) is 6.24. The number of ether oxygens (including phenoxy) is 2. The van der Waals surface area contributed by atoms with E-state index in [0.717, 1.165) is 23.3 Å². The molecule has 0 heterocycles. The second-order valence-corrected chi connectivity index (χ2v) is 5.46. The maximum absolute atomic E-state index is 11.8. The number of hydrogen-bond acceptors (Lipinski definition) is 4. The van der Waals surface area contributed by atoms with Crippen molar-refractivity contribution in [2.24, 2.45) is 0 Å². The first-order valence-corrected chi connectivity index (χ1v) is 8.12. The zero-order valence-electron chi connectivity index (χ0n) is 14.4. The van der Waals surface area contributed by atoms with Crippen LogP contribution in [0, 0.1) is 0 Å². The molecule has 0 saturated heterocycles. The Morgan fingerprint density at radius 2 is 1.19 bits per heavy atom. The van der Waals surface area contributed by atoms with Crippen LogP contribution in [0.5, 0.6) is 11.5 Å². The molecule has 0 amide bonds. The first kappa shape index (κ1) is 18.9. The van der Waals surface area contributed by atoms with Gasteiger partial charge in [-0.1, -0.05) is 36.4 Å². The Bertz CT molecular complexity index is 764. The van der Waals surface area contributed by atoms with Crippen molar-refractivity contribution in [3.8, 4) is 11.5 Å². The number of hydrogen-bond donors (Lipinski definition) is 0. The van der Waals surface area contributed by atoms with Crippen LogP contribution in [-0.4, -0.2) is 11.9 Å². The zero-order valence-corrected chi connectivity index (χ0v) is 14.4. The molecule has 0 N–H and O–H groups in total. The Hall–Kier alpha value is -3.40. The average molecular weight is 348 g/mol. The lowest BCUT2D eigenvalue weighted by Gasteiger charge is -2.04. The maximum Gasteiger partial charge on any atom is 0.336 e. The predicted octanol–water partition coefficient (Wildman–Crippen LogP) is 4.21. The van der Waals surface area contributed by atoms with Crippen LogP contribution in [0.25, 0.3) is 0 Å². The van der Waals surface area contributed by atoms with E-state index in [1.165, 1.54) is 0 Å². The number of carbonyl (C=O) groups is 2. The van der Waals surface area contributed by atoms with Crippen molar-refractivity contribution in [2.45, 2.75) is 12.8 Å². The highest BCUT2D eigenvalue weighted by molar-refractivity contribution is 5.93. The van der Waals surface area contributed by atoms with Crippen LogP contribution in [0.4, 0.5) is 0 Å². The van der Waals surface area contributed by atoms with E-state index in [4.69, 9.17) is 9.47 Å². The van der Waals surface area contributed by atoms with Gasteiger partial charge in [0.15, 0.2) is 0 Å². The van der Waals surface area contributed by atoms with Gasteiger partial charge >= 0.3 is 11.9 Å². The summed E-state index contributed by atoms with van der Waals surface area (Å²) in [4.78, 5) is 23.7. The molecule has 0 aliphatic rings. The van der Waals surface area contributed by atoms with E-state index in [1.54, 1.807) is 48.6 Å². The summed E-state index contributed by atoms with van der Waals surface area (Å²) in [5.74, 6) is -0.495. The number of rotatable bonds is 8. The lowest BCUT2D eigenvalue weighted by atomic mass is 10.1. The summed E-state index contributed by atoms with van der Waals surface area (Å²) >= 11 is 0. The van der Waals surface area contributed by atoms with Gasteiger partial charge in [-0.2, -0.15) is 0 Å². The lowest BCUT2D eigenvalue weighted by Crippen LogP contribution is -2.08. The van der Waals surface area contributed by atoms with Gasteiger partial charge in [0.2, 0.25) is 0 Å². The number of carbonyl (C=O) groups excluding carboxylic acids is 2. The summed E-state index contributed by atoms with van der Waals surface area (Å²) in [6, 6.07) is 14.2. The van der Waals surface area contributed by atoms with E-state index in [9.17, 15) is 9.59 Å². The van der Waals surface area contributed by atoms with Gasteiger partial charge in [0, 0.05) is 12.2 Å². The van der Waals surface area contributed by atoms with E-state index >= 15 is 0 Å². The fraction of sp³-hybridized carbons (Fsp3) is 0.0909. The third-order valence-electron chi connectivity index (χ3n) is 3.35. The van der Waals surface area contributed by atoms with Crippen molar-refractivity contribution in [3.05, 3.63) is 97.1 Å². The summed E-state index contributed by atoms with van der Waals surface area (Å²) < 4.78 is 10.3. The van der Waals surface area contributed by atoms with E-state index in [0.29, 0.717) is 24.3 Å². The summed E-state index contributed by atoms with van der Waals surface area (Å²) in [5, 5.41) is 0. The van der Waals surface area contributed by atoms with Crippen molar-refractivity contribution >= 4 is 11.9 Å². The second-order valence-electron chi connectivity index (χ2n) is 5.46. The summed E-state index contributed by atoms with van der Waals surface area (Å²) in [7, 11) is 0. The summed E-state index contributed by atoms with van der Waals surface area (Å²) in [6.07, 6.45) is 6.96. The van der Waals surface area contributed by atoms with E-state index in [-0.39, 0.29) is 0 Å². The van der Waals surface area contributed by atoms with Crippen molar-refractivity contribution in [1.29, 1.82) is 0 Å². The lowest BCUT2D eigenvalue weighted by molar-refractivity contribution is -0.131. The fourth-order valence-corrected chi connectivity index (χ4v) is 2.24. The van der Waals surface area contributed by atoms with Crippen LogP contribution in [-0.2, 0) is 22.4 Å². The number of allylic oxidation sites excluding steroid dienone is 2. The number of esters is 2. The minimum absolute atomic E-state index is 0.407. The van der Waals surface area contributed by atoms with Gasteiger partial charge in [0.05, 0.1) is 0 Å². The van der Waals surface area contributed by atoms with Crippen LogP contribution in [0.2, 0.25) is 0 Å². The molecule has 2 aromatic rings. The Balaban J connectivity index is 1.91. The van der Waals surface area contributed by atoms with Crippen LogP contribution < -0.4 is 9.47 Å². The second kappa shape index (κ2) is 9.79. The van der Waals surface area contributed by atoms with Crippen LogP contribution in [0.3, 0.4) is 0 Å². The Labute approximate surface area is 153 Å². The highest BCUT2D eigenvalue weighted by Gasteiger charge is 2.05. The first-order chi connectivity index (χ1) is 12.6. The van der Waals surface area contributed by atoms with Gasteiger partial charge in [-0.25, -0.2) is 9.59 Å². The monoisotopic (exact) mass is 348 g/mol. The minimum Gasteiger partial charge on any atom is -0.423 e. The smallest absolute Gasteiger partial charge is 0.336 e. The van der Waals surface area contributed by atoms with Crippen molar-refractivity contribution in [2.75, 3.05) is 0 Å².